The Morgan fingerprint density at radius 3 is 2.96 bits per heavy atom. The molecule has 4 aliphatic carbocycles. The van der Waals surface area contributed by atoms with Gasteiger partial charge in [-0.25, -0.2) is 4.79 Å². The van der Waals surface area contributed by atoms with Gasteiger partial charge in [0.15, 0.2) is 0 Å². The van der Waals surface area contributed by atoms with Crippen molar-refractivity contribution in [2.45, 2.75) is 71.1 Å². The lowest BCUT2D eigenvalue weighted by molar-refractivity contribution is -0.119. The third-order valence-electron chi connectivity index (χ3n) is 7.66. The number of rotatable bonds is 2. The fraction of sp³-hybridized carbons (Fsp3) is 0.762. The minimum atomic E-state index is 0.424. The van der Waals surface area contributed by atoms with E-state index in [1.165, 1.54) is 37.7 Å². The third kappa shape index (κ3) is 2.47. The van der Waals surface area contributed by atoms with E-state index in [1.807, 2.05) is 5.94 Å². The highest BCUT2D eigenvalue weighted by atomic mass is 16.1. The van der Waals surface area contributed by atoms with E-state index in [1.54, 1.807) is 11.6 Å². The van der Waals surface area contributed by atoms with Crippen molar-refractivity contribution in [1.82, 2.24) is 0 Å². The van der Waals surface area contributed by atoms with Gasteiger partial charge in [-0.2, -0.15) is 0 Å². The molecule has 0 saturated heterocycles. The van der Waals surface area contributed by atoms with Gasteiger partial charge in [-0.15, -0.1) is 0 Å². The smallest absolute Gasteiger partial charge is 0.137 e. The molecule has 4 aliphatic rings. The Bertz CT molecular complexity index is 595. The number of Topliss-reactive ketones (excluding diaryl/α,β-unsaturated/α-hetero) is 1. The molecule has 0 aromatic heterocycles. The first-order chi connectivity index (χ1) is 11.1. The number of ketones is 1. The van der Waals surface area contributed by atoms with E-state index >= 15 is 0 Å². The summed E-state index contributed by atoms with van der Waals surface area (Å²) in [6.45, 7) is 2.52. The largest absolute Gasteiger partial charge is 0.299 e. The molecule has 0 unspecified atom stereocenters. The van der Waals surface area contributed by atoms with Crippen LogP contribution in [0.2, 0.25) is 0 Å². The maximum absolute atomic E-state index is 11.9. The number of carbonyl (C=O) groups excluding carboxylic acids is 2. The van der Waals surface area contributed by atoms with Gasteiger partial charge >= 0.3 is 0 Å². The zero-order valence-electron chi connectivity index (χ0n) is 14.3. The monoisotopic (exact) mass is 312 g/mol. The number of carbonyl (C=O) groups is 1. The van der Waals surface area contributed by atoms with Gasteiger partial charge in [-0.3, -0.25) is 4.79 Å². The molecule has 0 amide bonds. The normalized spacial score (nSPS) is 42.6. The Morgan fingerprint density at radius 1 is 1.26 bits per heavy atom. The minimum Gasteiger partial charge on any atom is -0.299 e. The van der Waals surface area contributed by atoms with Crippen molar-refractivity contribution in [1.29, 1.82) is 0 Å². The molecule has 0 aromatic carbocycles. The number of allylic oxidation sites excluding steroid dienone is 3. The van der Waals surface area contributed by atoms with Crippen LogP contribution in [-0.2, 0) is 9.59 Å². The summed E-state index contributed by atoms with van der Waals surface area (Å²) < 4.78 is 0. The van der Waals surface area contributed by atoms with Crippen LogP contribution in [0.1, 0.15) is 71.1 Å². The summed E-state index contributed by atoms with van der Waals surface area (Å²) in [7, 11) is 0. The SMILES string of the molecule is C[C@@]12CCC[C@H]1[C@@H]1[C@H](CC=C=O)CC3=C(CCC(=O)C3)[C@H]1CC2. The van der Waals surface area contributed by atoms with Gasteiger partial charge in [0.25, 0.3) is 0 Å². The van der Waals surface area contributed by atoms with E-state index in [-0.39, 0.29) is 0 Å². The number of hydrogen-bond donors (Lipinski definition) is 0. The summed E-state index contributed by atoms with van der Waals surface area (Å²) in [5, 5.41) is 0. The Morgan fingerprint density at radius 2 is 2.13 bits per heavy atom. The second-order valence-corrected chi connectivity index (χ2v) is 8.74. The van der Waals surface area contributed by atoms with E-state index in [9.17, 15) is 9.59 Å². The molecule has 0 aliphatic heterocycles. The molecule has 4 rings (SSSR count). The molecule has 2 saturated carbocycles. The number of fused-ring (bicyclic) bond motifs is 4. The van der Waals surface area contributed by atoms with Gasteiger partial charge in [-0.1, -0.05) is 24.5 Å². The first-order valence-electron chi connectivity index (χ1n) is 9.54. The van der Waals surface area contributed by atoms with Crippen molar-refractivity contribution in [3.05, 3.63) is 17.2 Å². The fourth-order valence-corrected chi connectivity index (χ4v) is 6.68. The van der Waals surface area contributed by atoms with Crippen LogP contribution in [-0.4, -0.2) is 11.7 Å². The van der Waals surface area contributed by atoms with Crippen LogP contribution in [0.5, 0.6) is 0 Å². The summed E-state index contributed by atoms with van der Waals surface area (Å²) >= 11 is 0. The van der Waals surface area contributed by atoms with Crippen LogP contribution in [0.3, 0.4) is 0 Å². The topological polar surface area (TPSA) is 34.1 Å². The van der Waals surface area contributed by atoms with E-state index in [0.717, 1.165) is 37.5 Å². The van der Waals surface area contributed by atoms with Crippen molar-refractivity contribution < 1.29 is 9.59 Å². The summed E-state index contributed by atoms with van der Waals surface area (Å²) in [5.41, 5.74) is 3.65. The molecule has 0 spiro atoms. The lowest BCUT2D eigenvalue weighted by Gasteiger charge is -2.53. The maximum Gasteiger partial charge on any atom is 0.137 e. The van der Waals surface area contributed by atoms with Gasteiger partial charge in [0.05, 0.1) is 0 Å². The molecule has 2 heteroatoms. The van der Waals surface area contributed by atoms with Gasteiger partial charge < -0.3 is 0 Å². The molecule has 2 fully saturated rings. The Balaban J connectivity index is 1.71. The van der Waals surface area contributed by atoms with Crippen molar-refractivity contribution in [2.75, 3.05) is 0 Å². The zero-order valence-corrected chi connectivity index (χ0v) is 14.3. The van der Waals surface area contributed by atoms with E-state index < -0.39 is 0 Å². The molecule has 124 valence electrons. The minimum absolute atomic E-state index is 0.424. The highest BCUT2D eigenvalue weighted by Crippen LogP contribution is 2.62. The highest BCUT2D eigenvalue weighted by Gasteiger charge is 2.53. The summed E-state index contributed by atoms with van der Waals surface area (Å²) in [6.07, 6.45) is 12.9. The molecule has 0 radical (unpaired) electrons. The highest BCUT2D eigenvalue weighted by molar-refractivity contribution is 5.82. The molecule has 5 atom stereocenters. The average Bonchev–Trinajstić information content (AvgIpc) is 2.93. The Labute approximate surface area is 139 Å². The van der Waals surface area contributed by atoms with E-state index in [2.05, 4.69) is 6.92 Å². The van der Waals surface area contributed by atoms with Gasteiger partial charge in [0, 0.05) is 18.9 Å². The van der Waals surface area contributed by atoms with Crippen LogP contribution in [0, 0.1) is 29.1 Å². The molecular weight excluding hydrogens is 284 g/mol. The zero-order chi connectivity index (χ0) is 16.0. The Kier molecular flexibility index (Phi) is 3.84. The maximum atomic E-state index is 11.9. The molecule has 0 bridgehead atoms. The first kappa shape index (κ1) is 15.4. The van der Waals surface area contributed by atoms with E-state index in [4.69, 9.17) is 0 Å². The predicted molar refractivity (Wildman–Crippen MR) is 90.5 cm³/mol. The van der Waals surface area contributed by atoms with Crippen LogP contribution in [0.25, 0.3) is 0 Å². The molecule has 2 nitrogen and oxygen atoms in total. The quantitative estimate of drug-likeness (QED) is 0.548. The predicted octanol–water partition coefficient (Wildman–Crippen LogP) is 4.67. The van der Waals surface area contributed by atoms with Crippen molar-refractivity contribution >= 4 is 11.7 Å². The van der Waals surface area contributed by atoms with Crippen LogP contribution in [0.4, 0.5) is 0 Å². The summed E-state index contributed by atoms with van der Waals surface area (Å²) in [4.78, 5) is 22.7. The summed E-state index contributed by atoms with van der Waals surface area (Å²) in [5.74, 6) is 5.27. The van der Waals surface area contributed by atoms with Gasteiger partial charge in [0.2, 0.25) is 0 Å². The average molecular weight is 312 g/mol. The Hall–Kier alpha value is -1.14. The standard InChI is InChI=1S/C21H28O2/c1-21-9-2-5-19(21)20-14(4-3-11-22)12-15-13-16(23)6-7-17(15)18(20)8-10-21/h3,14,18-20H,2,4-10,12-13H2,1H3/t14-,18-,19+,20-,21+/m1/s1. The van der Waals surface area contributed by atoms with Crippen molar-refractivity contribution in [3.8, 4) is 0 Å². The molecule has 0 aromatic rings. The lowest BCUT2D eigenvalue weighted by atomic mass is 9.51. The lowest BCUT2D eigenvalue weighted by Crippen LogP contribution is -2.45. The van der Waals surface area contributed by atoms with Gasteiger partial charge in [-0.05, 0) is 74.0 Å². The van der Waals surface area contributed by atoms with Gasteiger partial charge in [0.1, 0.15) is 11.7 Å². The third-order valence-corrected chi connectivity index (χ3v) is 7.66. The van der Waals surface area contributed by atoms with E-state index in [0.29, 0.717) is 29.5 Å². The van der Waals surface area contributed by atoms with Crippen LogP contribution >= 0.6 is 0 Å². The molecule has 0 N–H and O–H groups in total. The van der Waals surface area contributed by atoms with Crippen molar-refractivity contribution in [2.24, 2.45) is 29.1 Å². The molecule has 23 heavy (non-hydrogen) atoms. The molecular formula is C21H28O2. The van der Waals surface area contributed by atoms with Crippen LogP contribution in [0.15, 0.2) is 17.2 Å². The summed E-state index contributed by atoms with van der Waals surface area (Å²) in [6, 6.07) is 0. The second kappa shape index (κ2) is 5.74. The van der Waals surface area contributed by atoms with Crippen LogP contribution < -0.4 is 0 Å². The second-order valence-electron chi connectivity index (χ2n) is 8.74. The first-order valence-corrected chi connectivity index (χ1v) is 9.54. The van der Waals surface area contributed by atoms with Crippen molar-refractivity contribution in [3.63, 3.8) is 0 Å². The molecule has 0 heterocycles. The fourth-order valence-electron chi connectivity index (χ4n) is 6.68. The number of hydrogen-bond acceptors (Lipinski definition) is 2.